The average Bonchev–Trinajstić information content (AvgIpc) is 3.17. The largest absolute Gasteiger partial charge is 0.480 e. The zero-order valence-electron chi connectivity index (χ0n) is 34.4. The van der Waals surface area contributed by atoms with Crippen molar-refractivity contribution in [2.45, 2.75) is 85.2 Å². The van der Waals surface area contributed by atoms with Crippen LogP contribution in [0.5, 0.6) is 11.5 Å². The number of anilines is 1. The highest BCUT2D eigenvalue weighted by molar-refractivity contribution is 7.57. The second kappa shape index (κ2) is 23.9. The van der Waals surface area contributed by atoms with E-state index >= 15 is 0 Å². The summed E-state index contributed by atoms with van der Waals surface area (Å²) in [6, 6.07) is 5.69. The van der Waals surface area contributed by atoms with E-state index in [9.17, 15) is 62.5 Å². The van der Waals surface area contributed by atoms with Gasteiger partial charge in [-0.25, -0.2) is 9.59 Å². The Morgan fingerprint density at radius 3 is 1.98 bits per heavy atom. The van der Waals surface area contributed by atoms with E-state index in [0.717, 1.165) is 43.2 Å². The van der Waals surface area contributed by atoms with Crippen LogP contribution in [0.4, 0.5) is 35.9 Å². The van der Waals surface area contributed by atoms with Gasteiger partial charge in [0.25, 0.3) is 11.4 Å². The number of alkyl halides is 3. The third kappa shape index (κ3) is 16.9. The van der Waals surface area contributed by atoms with Gasteiger partial charge < -0.3 is 35.3 Å². The molecule has 3 aromatic rings. The Morgan fingerprint density at radius 2 is 1.53 bits per heavy atom. The number of ether oxygens (including phenoxy) is 3. The first-order valence-electron chi connectivity index (χ1n) is 18.3. The minimum absolute atomic E-state index is 0.0109. The van der Waals surface area contributed by atoms with Crippen molar-refractivity contribution in [2.75, 3.05) is 24.8 Å². The maximum atomic E-state index is 12.8. The van der Waals surface area contributed by atoms with E-state index in [0.29, 0.717) is 17.2 Å². The van der Waals surface area contributed by atoms with E-state index in [-0.39, 0.29) is 58.8 Å². The monoisotopic (exact) mass is 923 g/mol. The zero-order valence-corrected chi connectivity index (χ0v) is 36.0. The fraction of sp³-hybridized carbons (Fsp3) is 0.432. The molecule has 0 bridgehead atoms. The number of rotatable bonds is 17. The Balaban J connectivity index is 0.000000528. The molecule has 0 spiro atoms. The van der Waals surface area contributed by atoms with Crippen LogP contribution in [0.15, 0.2) is 42.5 Å². The molecule has 0 amide bonds. The van der Waals surface area contributed by atoms with Crippen molar-refractivity contribution in [3.63, 3.8) is 0 Å². The van der Waals surface area contributed by atoms with Gasteiger partial charge in [-0.3, -0.25) is 39.7 Å². The summed E-state index contributed by atoms with van der Waals surface area (Å²) in [5, 5.41) is 44.6. The number of carbonyl (C=O) groups excluding carboxylic acids is 2. The molecule has 3 unspecified atom stereocenters. The molecule has 0 heterocycles. The number of carbonyl (C=O) groups is 3. The molecule has 62 heavy (non-hydrogen) atoms. The number of hydrogen-bond donors (Lipinski definition) is 4. The number of aliphatic carboxylic acids is 1. The minimum Gasteiger partial charge on any atom is -0.480 e. The van der Waals surface area contributed by atoms with E-state index in [1.165, 1.54) is 19.7 Å². The van der Waals surface area contributed by atoms with Crippen molar-refractivity contribution in [3.05, 3.63) is 100 Å². The van der Waals surface area contributed by atoms with Crippen molar-refractivity contribution in [1.29, 1.82) is 0 Å². The van der Waals surface area contributed by atoms with Crippen LogP contribution in [0.2, 0.25) is 5.02 Å². The van der Waals surface area contributed by atoms with Crippen molar-refractivity contribution < 1.29 is 71.1 Å². The molecule has 3 aromatic carbocycles. The van der Waals surface area contributed by atoms with Gasteiger partial charge in [0.15, 0.2) is 19.2 Å². The number of aryl methyl sites for hydroxylation is 1. The number of nitrogens with one attached hydrogen (secondary N) is 1. The van der Waals surface area contributed by atoms with Crippen LogP contribution < -0.4 is 15.8 Å². The van der Waals surface area contributed by atoms with E-state index in [4.69, 9.17) is 41.5 Å². The maximum Gasteiger partial charge on any atom is 0.416 e. The van der Waals surface area contributed by atoms with Gasteiger partial charge in [0.1, 0.15) is 23.1 Å². The minimum atomic E-state index is -4.61. The van der Waals surface area contributed by atoms with Gasteiger partial charge in [0.2, 0.25) is 0 Å². The Kier molecular flexibility index (Phi) is 20.9. The number of carboxylic acids is 1. The molecular formula is C37H46ClF3N5O15P. The topological polar surface area (TPSA) is 304 Å². The number of nitrogens with zero attached hydrogens (tertiary/aromatic N) is 3. The number of nitrogens with two attached hydrogens (primary N) is 1. The lowest BCUT2D eigenvalue weighted by Gasteiger charge is -2.17. The Bertz CT molecular complexity index is 2170. The summed E-state index contributed by atoms with van der Waals surface area (Å²) in [6.45, 7) is 11.1. The van der Waals surface area contributed by atoms with Gasteiger partial charge in [0, 0.05) is 42.6 Å². The zero-order chi connectivity index (χ0) is 47.9. The molecule has 0 aliphatic rings. The lowest BCUT2D eigenvalue weighted by atomic mass is 10.0. The molecule has 0 aromatic heterocycles. The molecule has 342 valence electrons. The first-order valence-corrected chi connectivity index (χ1v) is 20.9. The quantitative estimate of drug-likeness (QED) is 0.0426. The van der Waals surface area contributed by atoms with Gasteiger partial charge in [-0.15, -0.1) is 0 Å². The van der Waals surface area contributed by atoms with E-state index in [1.807, 2.05) is 13.8 Å². The van der Waals surface area contributed by atoms with E-state index < -0.39 is 75.2 Å². The summed E-state index contributed by atoms with van der Waals surface area (Å²) in [5.74, 6) is -3.50. The highest BCUT2D eigenvalue weighted by Gasteiger charge is 2.32. The fourth-order valence-corrected chi connectivity index (χ4v) is 5.89. The number of esters is 2. The summed E-state index contributed by atoms with van der Waals surface area (Å²) in [6.07, 6.45) is -4.47. The molecule has 0 aliphatic heterocycles. The lowest BCUT2D eigenvalue weighted by molar-refractivity contribution is -0.392. The van der Waals surface area contributed by atoms with Gasteiger partial charge >= 0.3 is 29.8 Å². The molecule has 20 nitrogen and oxygen atoms in total. The first-order chi connectivity index (χ1) is 28.6. The number of carboxylic acid groups (broad SMARTS) is 1. The first kappa shape index (κ1) is 54.1. The molecular weight excluding hydrogens is 878 g/mol. The van der Waals surface area contributed by atoms with Crippen LogP contribution in [0.25, 0.3) is 0 Å². The molecule has 0 fully saturated rings. The Morgan fingerprint density at radius 1 is 0.952 bits per heavy atom. The lowest BCUT2D eigenvalue weighted by Crippen LogP contribution is -2.30. The van der Waals surface area contributed by atoms with Crippen LogP contribution in [0.3, 0.4) is 0 Å². The smallest absolute Gasteiger partial charge is 0.416 e. The summed E-state index contributed by atoms with van der Waals surface area (Å²) < 4.78 is 63.9. The van der Waals surface area contributed by atoms with E-state index in [1.54, 1.807) is 20.8 Å². The molecule has 5 N–H and O–H groups in total. The molecule has 0 saturated heterocycles. The number of hydrogen-bond acceptors (Lipinski definition) is 15. The summed E-state index contributed by atoms with van der Waals surface area (Å²) in [5.41, 5.74) is 3.48. The molecule has 0 aliphatic carbocycles. The molecule has 3 rings (SSSR count). The van der Waals surface area contributed by atoms with Gasteiger partial charge in [-0.2, -0.15) is 13.2 Å². The standard InChI is InChI=1S/C19H15ClF3NO7.C13H19N3O4.C5H12NO4P/c1-3-29-17(25)10(2)30-18(26)13-9-12(5-6-15(13)24(27)28)31-16-7-4-11(8-14(16)20)19(21,22)23;1-5-10(6-2)14-12-11(15(17)18)7-8(3)9(4)13(12)16(19)20;1-11(9,10)3-2-4(6)5(7)8/h4-10H,3H2,1-2H3;7,10,14H,5-6H2,1-4H3;4H,2-3,6H2,1H3,(H,7,8)(H,9,10). The second-order valence-electron chi connectivity index (χ2n) is 13.2. The van der Waals surface area contributed by atoms with Crippen molar-refractivity contribution in [2.24, 2.45) is 5.73 Å². The van der Waals surface area contributed by atoms with Crippen molar-refractivity contribution in [3.8, 4) is 11.5 Å². The predicted molar refractivity (Wildman–Crippen MR) is 219 cm³/mol. The third-order valence-electron chi connectivity index (χ3n) is 8.45. The Labute approximate surface area is 357 Å². The predicted octanol–water partition coefficient (Wildman–Crippen LogP) is 8.58. The highest BCUT2D eigenvalue weighted by Crippen LogP contribution is 2.40. The van der Waals surface area contributed by atoms with Crippen LogP contribution in [0.1, 0.15) is 74.0 Å². The molecule has 0 radical (unpaired) electrons. The Hall–Kier alpha value is -5.90. The van der Waals surface area contributed by atoms with Gasteiger partial charge in [-0.05, 0) is 76.8 Å². The average molecular weight is 924 g/mol. The number of halogens is 4. The van der Waals surface area contributed by atoms with Crippen LogP contribution in [0, 0.1) is 44.2 Å². The van der Waals surface area contributed by atoms with Crippen LogP contribution >= 0.6 is 19.0 Å². The SMILES string of the molecule is CCC(CC)Nc1c([N+](=O)[O-])cc(C)c(C)c1[N+](=O)[O-].CCOC(=O)C(C)OC(=O)c1cc(Oc2ccc(C(F)(F)F)cc2Cl)ccc1[N+](=O)[O-].CP(=O)(O)CCC(N)C(=O)O. The normalized spacial score (nSPS) is 12.8. The number of nitro groups is 3. The fourth-order valence-electron chi connectivity index (χ4n) is 4.91. The molecule has 25 heteroatoms. The van der Waals surface area contributed by atoms with E-state index in [2.05, 4.69) is 5.32 Å². The second-order valence-corrected chi connectivity index (χ2v) is 16.2. The van der Waals surface area contributed by atoms with Crippen LogP contribution in [-0.2, 0) is 29.8 Å². The number of benzene rings is 3. The van der Waals surface area contributed by atoms with Gasteiger partial charge in [-0.1, -0.05) is 25.4 Å². The highest BCUT2D eigenvalue weighted by atomic mass is 35.5. The summed E-state index contributed by atoms with van der Waals surface area (Å²) in [4.78, 5) is 74.6. The van der Waals surface area contributed by atoms with Crippen molar-refractivity contribution >= 4 is 59.6 Å². The van der Waals surface area contributed by atoms with Gasteiger partial charge in [0.05, 0.1) is 32.0 Å². The van der Waals surface area contributed by atoms with Crippen LogP contribution in [-0.4, -0.2) is 80.3 Å². The molecule has 0 saturated carbocycles. The maximum absolute atomic E-state index is 12.8. The summed E-state index contributed by atoms with van der Waals surface area (Å²) in [7, 11) is -3.10. The summed E-state index contributed by atoms with van der Waals surface area (Å²) >= 11 is 5.83. The van der Waals surface area contributed by atoms with Crippen molar-refractivity contribution in [1.82, 2.24) is 0 Å². The number of nitro benzene ring substituents is 3. The third-order valence-corrected chi connectivity index (χ3v) is 9.84. The molecule has 3 atom stereocenters.